The van der Waals surface area contributed by atoms with Crippen LogP contribution in [0.4, 0.5) is 4.79 Å². The molecule has 0 radical (unpaired) electrons. The van der Waals surface area contributed by atoms with Crippen molar-refractivity contribution in [2.24, 2.45) is 5.92 Å². The first-order chi connectivity index (χ1) is 7.78. The van der Waals surface area contributed by atoms with Gasteiger partial charge >= 0.3 is 12.0 Å². The summed E-state index contributed by atoms with van der Waals surface area (Å²) in [6.07, 6.45) is 3.44. The minimum atomic E-state index is -0.915. The van der Waals surface area contributed by atoms with Crippen LogP contribution in [0.25, 0.3) is 0 Å². The van der Waals surface area contributed by atoms with Crippen molar-refractivity contribution in [3.05, 3.63) is 0 Å². The monoisotopic (exact) mass is 242 g/mol. The van der Waals surface area contributed by atoms with Gasteiger partial charge in [-0.05, 0) is 33.1 Å². The predicted octanol–water partition coefficient (Wildman–Crippen LogP) is 1.73. The summed E-state index contributed by atoms with van der Waals surface area (Å²) in [5.41, 5.74) is -0.727. The van der Waals surface area contributed by atoms with Gasteiger partial charge in [0, 0.05) is 11.6 Å². The summed E-state index contributed by atoms with van der Waals surface area (Å²) in [4.78, 5) is 22.2. The Balaban J connectivity index is 2.28. The van der Waals surface area contributed by atoms with Gasteiger partial charge in [-0.15, -0.1) is 0 Å². The predicted molar refractivity (Wildman–Crippen MR) is 64.8 cm³/mol. The summed E-state index contributed by atoms with van der Waals surface area (Å²) in [5.74, 6) is -0.154. The molecule has 5 nitrogen and oxygen atoms in total. The molecule has 1 aliphatic carbocycles. The standard InChI is InChI=1S/C12H22N2O3/c1-8(6-9-4-5-9)13-11(17)14-12(2,3)7-10(15)16/h8-9H,4-7H2,1-3H3,(H,15,16)(H2,13,14,17). The second-order valence-electron chi connectivity index (χ2n) is 5.63. The van der Waals surface area contributed by atoms with Crippen LogP contribution in [0.5, 0.6) is 0 Å². The third-order valence-corrected chi connectivity index (χ3v) is 2.81. The van der Waals surface area contributed by atoms with Gasteiger partial charge in [0.25, 0.3) is 0 Å². The van der Waals surface area contributed by atoms with Gasteiger partial charge < -0.3 is 15.7 Å². The second kappa shape index (κ2) is 5.38. The lowest BCUT2D eigenvalue weighted by Crippen LogP contribution is -2.51. The van der Waals surface area contributed by atoms with Crippen molar-refractivity contribution in [3.63, 3.8) is 0 Å². The molecule has 3 N–H and O–H groups in total. The van der Waals surface area contributed by atoms with Gasteiger partial charge in [-0.25, -0.2) is 4.79 Å². The molecule has 98 valence electrons. The average molecular weight is 242 g/mol. The van der Waals surface area contributed by atoms with Crippen molar-refractivity contribution in [1.29, 1.82) is 0 Å². The molecule has 5 heteroatoms. The van der Waals surface area contributed by atoms with Crippen molar-refractivity contribution in [3.8, 4) is 0 Å². The van der Waals surface area contributed by atoms with E-state index in [4.69, 9.17) is 5.11 Å². The number of rotatable bonds is 6. The molecule has 0 aromatic carbocycles. The molecule has 1 aliphatic rings. The zero-order valence-corrected chi connectivity index (χ0v) is 10.7. The number of hydrogen-bond acceptors (Lipinski definition) is 2. The Morgan fingerprint density at radius 1 is 1.41 bits per heavy atom. The Hall–Kier alpha value is -1.26. The highest BCUT2D eigenvalue weighted by Gasteiger charge is 2.26. The maximum Gasteiger partial charge on any atom is 0.315 e. The first-order valence-electron chi connectivity index (χ1n) is 6.09. The third-order valence-electron chi connectivity index (χ3n) is 2.81. The van der Waals surface area contributed by atoms with Crippen molar-refractivity contribution in [1.82, 2.24) is 10.6 Å². The summed E-state index contributed by atoms with van der Waals surface area (Å²) in [6.45, 7) is 5.38. The van der Waals surface area contributed by atoms with E-state index >= 15 is 0 Å². The van der Waals surface area contributed by atoms with Crippen LogP contribution in [0.15, 0.2) is 0 Å². The maximum absolute atomic E-state index is 11.6. The minimum absolute atomic E-state index is 0.0859. The molecular formula is C12H22N2O3. The fourth-order valence-corrected chi connectivity index (χ4v) is 1.90. The number of nitrogens with one attached hydrogen (secondary N) is 2. The summed E-state index contributed by atoms with van der Waals surface area (Å²) in [7, 11) is 0. The summed E-state index contributed by atoms with van der Waals surface area (Å²) < 4.78 is 0. The molecular weight excluding hydrogens is 220 g/mol. The molecule has 1 fully saturated rings. The van der Waals surface area contributed by atoms with Crippen molar-refractivity contribution in [2.75, 3.05) is 0 Å². The molecule has 0 bridgehead atoms. The summed E-state index contributed by atoms with van der Waals surface area (Å²) in [6, 6.07) is -0.146. The van der Waals surface area contributed by atoms with Gasteiger partial charge in [0.05, 0.1) is 6.42 Å². The van der Waals surface area contributed by atoms with Gasteiger partial charge in [0.1, 0.15) is 0 Å². The second-order valence-corrected chi connectivity index (χ2v) is 5.63. The molecule has 0 aromatic rings. The Morgan fingerprint density at radius 3 is 2.47 bits per heavy atom. The number of urea groups is 1. The molecule has 2 amide bonds. The number of carbonyl (C=O) groups excluding carboxylic acids is 1. The van der Waals surface area contributed by atoms with E-state index in [1.165, 1.54) is 12.8 Å². The number of hydrogen-bond donors (Lipinski definition) is 3. The van der Waals surface area contributed by atoms with Gasteiger partial charge in [0.15, 0.2) is 0 Å². The highest BCUT2D eigenvalue weighted by molar-refractivity contribution is 5.76. The quantitative estimate of drug-likeness (QED) is 0.663. The lowest BCUT2D eigenvalue weighted by molar-refractivity contribution is -0.138. The van der Waals surface area contributed by atoms with E-state index in [0.717, 1.165) is 12.3 Å². The number of carbonyl (C=O) groups is 2. The van der Waals surface area contributed by atoms with Crippen LogP contribution in [0, 0.1) is 5.92 Å². The molecule has 0 spiro atoms. The van der Waals surface area contributed by atoms with Crippen LogP contribution in [0.2, 0.25) is 0 Å². The van der Waals surface area contributed by atoms with E-state index in [-0.39, 0.29) is 18.5 Å². The molecule has 1 rings (SSSR count). The summed E-state index contributed by atoms with van der Waals surface area (Å²) in [5, 5.41) is 14.2. The van der Waals surface area contributed by atoms with Crippen LogP contribution < -0.4 is 10.6 Å². The fraction of sp³-hybridized carbons (Fsp3) is 0.833. The lowest BCUT2D eigenvalue weighted by Gasteiger charge is -2.25. The Kier molecular flexibility index (Phi) is 4.37. The lowest BCUT2D eigenvalue weighted by atomic mass is 10.0. The van der Waals surface area contributed by atoms with Crippen LogP contribution in [0.1, 0.15) is 46.5 Å². The maximum atomic E-state index is 11.6. The smallest absolute Gasteiger partial charge is 0.315 e. The fourth-order valence-electron chi connectivity index (χ4n) is 1.90. The van der Waals surface area contributed by atoms with Crippen molar-refractivity contribution < 1.29 is 14.7 Å². The number of amides is 2. The summed E-state index contributed by atoms with van der Waals surface area (Å²) >= 11 is 0. The number of aliphatic carboxylic acids is 1. The largest absolute Gasteiger partial charge is 0.481 e. The van der Waals surface area contributed by atoms with E-state index in [2.05, 4.69) is 10.6 Å². The van der Waals surface area contributed by atoms with E-state index in [1.807, 2.05) is 6.92 Å². The van der Waals surface area contributed by atoms with Gasteiger partial charge in [-0.3, -0.25) is 4.79 Å². The first kappa shape index (κ1) is 13.8. The minimum Gasteiger partial charge on any atom is -0.481 e. The third kappa shape index (κ3) is 6.14. The van der Waals surface area contributed by atoms with E-state index in [0.29, 0.717) is 0 Å². The topological polar surface area (TPSA) is 78.4 Å². The van der Waals surface area contributed by atoms with E-state index < -0.39 is 11.5 Å². The SMILES string of the molecule is CC(CC1CC1)NC(=O)NC(C)(C)CC(=O)O. The molecule has 1 saturated carbocycles. The Bertz CT molecular complexity index is 298. The highest BCUT2D eigenvalue weighted by atomic mass is 16.4. The zero-order chi connectivity index (χ0) is 13.1. The molecule has 0 heterocycles. The van der Waals surface area contributed by atoms with Crippen LogP contribution in [-0.2, 0) is 4.79 Å². The Labute approximate surface area is 102 Å². The van der Waals surface area contributed by atoms with Gasteiger partial charge in [-0.2, -0.15) is 0 Å². The highest BCUT2D eigenvalue weighted by Crippen LogP contribution is 2.33. The van der Waals surface area contributed by atoms with Crippen LogP contribution >= 0.6 is 0 Å². The van der Waals surface area contributed by atoms with Crippen LogP contribution in [-0.4, -0.2) is 28.7 Å². The molecule has 1 unspecified atom stereocenters. The number of carboxylic acid groups (broad SMARTS) is 1. The van der Waals surface area contributed by atoms with Crippen LogP contribution in [0.3, 0.4) is 0 Å². The zero-order valence-electron chi connectivity index (χ0n) is 10.7. The molecule has 17 heavy (non-hydrogen) atoms. The average Bonchev–Trinajstić information content (AvgIpc) is 2.82. The molecule has 0 saturated heterocycles. The molecule has 0 aliphatic heterocycles. The van der Waals surface area contributed by atoms with Gasteiger partial charge in [-0.1, -0.05) is 12.8 Å². The normalized spacial score (nSPS) is 17.4. The van der Waals surface area contributed by atoms with E-state index in [9.17, 15) is 9.59 Å². The van der Waals surface area contributed by atoms with Crippen molar-refractivity contribution in [2.45, 2.75) is 58.0 Å². The molecule has 1 atom stereocenters. The first-order valence-corrected chi connectivity index (χ1v) is 6.09. The van der Waals surface area contributed by atoms with E-state index in [1.54, 1.807) is 13.8 Å². The molecule has 0 aromatic heterocycles. The van der Waals surface area contributed by atoms with Gasteiger partial charge in [0.2, 0.25) is 0 Å². The Morgan fingerprint density at radius 2 is 2.00 bits per heavy atom. The van der Waals surface area contributed by atoms with Crippen molar-refractivity contribution >= 4 is 12.0 Å². The number of carboxylic acids is 1.